The number of aliphatic hydroxyl groups excluding tert-OH is 1. The fourth-order valence-electron chi connectivity index (χ4n) is 2.68. The lowest BCUT2D eigenvalue weighted by atomic mass is 9.92. The highest BCUT2D eigenvalue weighted by Gasteiger charge is 2.26. The Morgan fingerprint density at radius 3 is 3.00 bits per heavy atom. The van der Waals surface area contributed by atoms with Crippen LogP contribution in [-0.2, 0) is 6.54 Å². The predicted molar refractivity (Wildman–Crippen MR) is 70.8 cm³/mol. The summed E-state index contributed by atoms with van der Waals surface area (Å²) in [4.78, 5) is 2.19. The van der Waals surface area contributed by atoms with Gasteiger partial charge in [-0.05, 0) is 42.5 Å². The van der Waals surface area contributed by atoms with E-state index >= 15 is 0 Å². The Morgan fingerprint density at radius 1 is 1.53 bits per heavy atom. The van der Waals surface area contributed by atoms with Gasteiger partial charge in [0.05, 0.1) is 17.7 Å². The highest BCUT2D eigenvalue weighted by Crippen LogP contribution is 2.22. The van der Waals surface area contributed by atoms with E-state index in [-0.39, 0.29) is 17.8 Å². The zero-order valence-electron chi connectivity index (χ0n) is 11.1. The Bertz CT molecular complexity index is 484. The average molecular weight is 262 g/mol. The second-order valence-electron chi connectivity index (χ2n) is 5.17. The normalized spacial score (nSPS) is 24.1. The van der Waals surface area contributed by atoms with Gasteiger partial charge in [-0.25, -0.2) is 4.39 Å². The van der Waals surface area contributed by atoms with Crippen molar-refractivity contribution in [2.75, 3.05) is 13.1 Å². The fraction of sp³-hybridized carbons (Fsp3) is 0.533. The van der Waals surface area contributed by atoms with Crippen LogP contribution in [0.4, 0.5) is 4.39 Å². The van der Waals surface area contributed by atoms with Crippen molar-refractivity contribution in [1.29, 1.82) is 5.26 Å². The zero-order valence-corrected chi connectivity index (χ0v) is 11.1. The van der Waals surface area contributed by atoms with E-state index in [9.17, 15) is 9.50 Å². The number of hydrogen-bond donors (Lipinski definition) is 1. The molecule has 1 N–H and O–H groups in total. The van der Waals surface area contributed by atoms with Crippen molar-refractivity contribution >= 4 is 0 Å². The molecule has 3 nitrogen and oxygen atoms in total. The Hall–Kier alpha value is -1.44. The van der Waals surface area contributed by atoms with Gasteiger partial charge in [0, 0.05) is 19.6 Å². The summed E-state index contributed by atoms with van der Waals surface area (Å²) in [5.41, 5.74) is 1.26. The maximum Gasteiger partial charge on any atom is 0.123 e. The summed E-state index contributed by atoms with van der Waals surface area (Å²) in [7, 11) is 0. The second kappa shape index (κ2) is 6.14. The summed E-state index contributed by atoms with van der Waals surface area (Å²) in [6.45, 7) is 4.24. The van der Waals surface area contributed by atoms with E-state index < -0.39 is 0 Å². The van der Waals surface area contributed by atoms with Gasteiger partial charge in [-0.3, -0.25) is 4.90 Å². The molecule has 1 fully saturated rings. The number of piperidine rings is 1. The monoisotopic (exact) mass is 262 g/mol. The quantitative estimate of drug-likeness (QED) is 0.909. The number of halogens is 1. The van der Waals surface area contributed by atoms with Crippen LogP contribution in [-0.4, -0.2) is 29.2 Å². The number of benzene rings is 1. The third-order valence-electron chi connectivity index (χ3n) is 3.88. The standard InChI is InChI=1S/C15H19FN2O/c1-2-11-9-18(6-5-15(11)19)10-13-7-14(16)4-3-12(13)8-17/h3-4,7,11,15,19H,2,5-6,9-10H2,1H3. The van der Waals surface area contributed by atoms with Gasteiger partial charge in [-0.1, -0.05) is 6.92 Å². The SMILES string of the molecule is CCC1CN(Cc2cc(F)ccc2C#N)CCC1O. The molecule has 0 saturated carbocycles. The van der Waals surface area contributed by atoms with Crippen LogP contribution < -0.4 is 0 Å². The van der Waals surface area contributed by atoms with E-state index in [2.05, 4.69) is 17.9 Å². The number of likely N-dealkylation sites (tertiary alicyclic amines) is 1. The minimum absolute atomic E-state index is 0.232. The van der Waals surface area contributed by atoms with Gasteiger partial charge in [0.25, 0.3) is 0 Å². The Morgan fingerprint density at radius 2 is 2.32 bits per heavy atom. The summed E-state index contributed by atoms with van der Waals surface area (Å²) in [5, 5.41) is 18.9. The molecule has 2 atom stereocenters. The minimum Gasteiger partial charge on any atom is -0.393 e. The van der Waals surface area contributed by atoms with Gasteiger partial charge in [0.1, 0.15) is 5.82 Å². The molecule has 1 heterocycles. The van der Waals surface area contributed by atoms with E-state index in [4.69, 9.17) is 5.26 Å². The van der Waals surface area contributed by atoms with E-state index in [1.54, 1.807) is 0 Å². The van der Waals surface area contributed by atoms with Crippen molar-refractivity contribution in [3.05, 3.63) is 35.1 Å². The first-order chi connectivity index (χ1) is 9.13. The highest BCUT2D eigenvalue weighted by atomic mass is 19.1. The van der Waals surface area contributed by atoms with Gasteiger partial charge in [0.15, 0.2) is 0 Å². The molecular formula is C15H19FN2O. The van der Waals surface area contributed by atoms with Crippen molar-refractivity contribution in [2.45, 2.75) is 32.4 Å². The molecule has 4 heteroatoms. The maximum atomic E-state index is 13.3. The molecule has 1 aliphatic rings. The number of nitriles is 1. The number of aliphatic hydroxyl groups is 1. The molecule has 0 aromatic heterocycles. The van der Waals surface area contributed by atoms with Crippen molar-refractivity contribution in [3.63, 3.8) is 0 Å². The average Bonchev–Trinajstić information content (AvgIpc) is 2.41. The summed E-state index contributed by atoms with van der Waals surface area (Å²) in [5.74, 6) is -0.0362. The van der Waals surface area contributed by atoms with Crippen molar-refractivity contribution in [1.82, 2.24) is 4.90 Å². The molecule has 19 heavy (non-hydrogen) atoms. The molecule has 0 radical (unpaired) electrons. The molecule has 0 amide bonds. The van der Waals surface area contributed by atoms with Crippen LogP contribution in [0.15, 0.2) is 18.2 Å². The lowest BCUT2D eigenvalue weighted by Gasteiger charge is -2.35. The van der Waals surface area contributed by atoms with Gasteiger partial charge < -0.3 is 5.11 Å². The summed E-state index contributed by atoms with van der Waals surface area (Å²) < 4.78 is 13.3. The fourth-order valence-corrected chi connectivity index (χ4v) is 2.68. The first-order valence-electron chi connectivity index (χ1n) is 6.73. The molecule has 2 rings (SSSR count). The molecule has 1 saturated heterocycles. The van der Waals surface area contributed by atoms with Crippen LogP contribution in [0.2, 0.25) is 0 Å². The second-order valence-corrected chi connectivity index (χ2v) is 5.17. The van der Waals surface area contributed by atoms with Crippen molar-refractivity contribution < 1.29 is 9.50 Å². The van der Waals surface area contributed by atoms with E-state index in [1.165, 1.54) is 18.2 Å². The van der Waals surface area contributed by atoms with Crippen molar-refractivity contribution in [3.8, 4) is 6.07 Å². The molecule has 0 spiro atoms. The molecule has 0 bridgehead atoms. The van der Waals surface area contributed by atoms with Crippen LogP contribution in [0.5, 0.6) is 0 Å². The predicted octanol–water partition coefficient (Wildman–Crippen LogP) is 2.29. The third-order valence-corrected chi connectivity index (χ3v) is 3.88. The van der Waals surface area contributed by atoms with E-state index in [0.717, 1.165) is 31.5 Å². The van der Waals surface area contributed by atoms with Gasteiger partial charge in [0.2, 0.25) is 0 Å². The number of rotatable bonds is 3. The number of nitrogens with zero attached hydrogens (tertiary/aromatic N) is 2. The summed E-state index contributed by atoms with van der Waals surface area (Å²) in [6.07, 6.45) is 1.45. The lowest BCUT2D eigenvalue weighted by Crippen LogP contribution is -2.42. The molecule has 1 aromatic rings. The Kier molecular flexibility index (Phi) is 4.52. The lowest BCUT2D eigenvalue weighted by molar-refractivity contribution is 0.0221. The van der Waals surface area contributed by atoms with Crippen LogP contribution in [0.25, 0.3) is 0 Å². The minimum atomic E-state index is -0.307. The molecular weight excluding hydrogens is 243 g/mol. The maximum absolute atomic E-state index is 13.3. The Balaban J connectivity index is 2.09. The van der Waals surface area contributed by atoms with Crippen LogP contribution in [0.1, 0.15) is 30.9 Å². The third kappa shape index (κ3) is 3.31. The zero-order chi connectivity index (χ0) is 13.8. The molecule has 2 unspecified atom stereocenters. The summed E-state index contributed by atoms with van der Waals surface area (Å²) >= 11 is 0. The number of hydrogen-bond acceptors (Lipinski definition) is 3. The van der Waals surface area contributed by atoms with Gasteiger partial charge >= 0.3 is 0 Å². The van der Waals surface area contributed by atoms with Crippen LogP contribution in [0, 0.1) is 23.1 Å². The molecule has 1 aliphatic heterocycles. The largest absolute Gasteiger partial charge is 0.393 e. The van der Waals surface area contributed by atoms with Gasteiger partial charge in [-0.2, -0.15) is 5.26 Å². The molecule has 0 aliphatic carbocycles. The molecule has 102 valence electrons. The van der Waals surface area contributed by atoms with Crippen molar-refractivity contribution in [2.24, 2.45) is 5.92 Å². The van der Waals surface area contributed by atoms with Crippen LogP contribution in [0.3, 0.4) is 0 Å². The summed E-state index contributed by atoms with van der Waals surface area (Å²) in [6, 6.07) is 6.38. The van der Waals surface area contributed by atoms with E-state index in [0.29, 0.717) is 12.1 Å². The first kappa shape index (κ1) is 14.0. The van der Waals surface area contributed by atoms with Gasteiger partial charge in [-0.15, -0.1) is 0 Å². The smallest absolute Gasteiger partial charge is 0.123 e. The van der Waals surface area contributed by atoms with E-state index in [1.807, 2.05) is 0 Å². The Labute approximate surface area is 113 Å². The topological polar surface area (TPSA) is 47.3 Å². The molecule has 1 aromatic carbocycles. The first-order valence-corrected chi connectivity index (χ1v) is 6.73. The highest BCUT2D eigenvalue weighted by molar-refractivity contribution is 5.37. The van der Waals surface area contributed by atoms with Crippen LogP contribution >= 0.6 is 0 Å².